The van der Waals surface area contributed by atoms with Gasteiger partial charge in [0.05, 0.1) is 5.52 Å². The first-order valence-electron chi connectivity index (χ1n) is 9.46. The molecule has 0 bridgehead atoms. The smallest absolute Gasteiger partial charge is 0.242 e. The molecule has 28 heavy (non-hydrogen) atoms. The predicted molar refractivity (Wildman–Crippen MR) is 107 cm³/mol. The maximum absolute atomic E-state index is 12.7. The maximum Gasteiger partial charge on any atom is 0.242 e. The van der Waals surface area contributed by atoms with Gasteiger partial charge in [0.1, 0.15) is 18.9 Å². The number of carbonyl (C=O) groups excluding carboxylic acids is 2. The van der Waals surface area contributed by atoms with Crippen LogP contribution in [0, 0.1) is 0 Å². The Morgan fingerprint density at radius 3 is 2.54 bits per heavy atom. The van der Waals surface area contributed by atoms with Gasteiger partial charge >= 0.3 is 0 Å². The summed E-state index contributed by atoms with van der Waals surface area (Å²) in [7, 11) is 0. The van der Waals surface area contributed by atoms with Crippen molar-refractivity contribution in [3.63, 3.8) is 0 Å². The molecule has 1 aliphatic heterocycles. The van der Waals surface area contributed by atoms with E-state index in [9.17, 15) is 9.59 Å². The molecule has 0 saturated carbocycles. The average molecular weight is 377 g/mol. The Bertz CT molecular complexity index is 960. The highest BCUT2D eigenvalue weighted by Gasteiger charge is 2.20. The van der Waals surface area contributed by atoms with Crippen LogP contribution in [0.5, 0.6) is 5.75 Å². The normalized spacial score (nSPS) is 14.3. The van der Waals surface area contributed by atoms with Crippen LogP contribution in [-0.4, -0.2) is 52.9 Å². The molecule has 1 saturated heterocycles. The molecule has 1 aliphatic rings. The van der Waals surface area contributed by atoms with E-state index in [1.807, 2.05) is 70.3 Å². The highest BCUT2D eigenvalue weighted by molar-refractivity contribution is 5.84. The van der Waals surface area contributed by atoms with Gasteiger partial charge in [-0.15, -0.1) is 0 Å². The summed E-state index contributed by atoms with van der Waals surface area (Å²) in [6.45, 7) is 3.16. The Hall–Kier alpha value is -3.28. The van der Waals surface area contributed by atoms with Crippen LogP contribution in [-0.2, 0) is 22.7 Å². The SMILES string of the molecule is O=CN1CCN(C(=O)Cn2ccc3ccc(OCc4ccccc4)cc32)CC1. The molecule has 2 aromatic carbocycles. The zero-order valence-corrected chi connectivity index (χ0v) is 15.7. The number of benzene rings is 2. The Labute approximate surface area is 163 Å². The highest BCUT2D eigenvalue weighted by atomic mass is 16.5. The van der Waals surface area contributed by atoms with Crippen molar-refractivity contribution in [2.45, 2.75) is 13.2 Å². The summed E-state index contributed by atoms with van der Waals surface area (Å²) in [6, 6.07) is 18.0. The van der Waals surface area contributed by atoms with Crippen LogP contribution >= 0.6 is 0 Å². The van der Waals surface area contributed by atoms with Crippen molar-refractivity contribution in [3.05, 3.63) is 66.4 Å². The fraction of sp³-hybridized carbons (Fsp3) is 0.273. The van der Waals surface area contributed by atoms with Crippen LogP contribution < -0.4 is 4.74 Å². The highest BCUT2D eigenvalue weighted by Crippen LogP contribution is 2.23. The van der Waals surface area contributed by atoms with E-state index in [2.05, 4.69) is 0 Å². The van der Waals surface area contributed by atoms with Crippen molar-refractivity contribution >= 4 is 23.2 Å². The van der Waals surface area contributed by atoms with E-state index in [0.717, 1.165) is 28.6 Å². The molecule has 1 aromatic heterocycles. The standard InChI is InChI=1S/C22H23N3O3/c26-17-23-10-12-24(13-11-23)22(27)15-25-9-8-19-6-7-20(14-21(19)25)28-16-18-4-2-1-3-5-18/h1-9,14,17H,10-13,15-16H2. The fourth-order valence-electron chi connectivity index (χ4n) is 3.45. The molecule has 2 heterocycles. The summed E-state index contributed by atoms with van der Waals surface area (Å²) in [5, 5.41) is 1.07. The van der Waals surface area contributed by atoms with Gasteiger partial charge in [0, 0.05) is 38.4 Å². The first-order chi connectivity index (χ1) is 13.7. The van der Waals surface area contributed by atoms with Gasteiger partial charge in [-0.3, -0.25) is 9.59 Å². The van der Waals surface area contributed by atoms with E-state index in [-0.39, 0.29) is 12.5 Å². The molecule has 0 atom stereocenters. The molecule has 1 fully saturated rings. The Kier molecular flexibility index (Phi) is 5.28. The number of piperazine rings is 1. The Morgan fingerprint density at radius 1 is 1.00 bits per heavy atom. The van der Waals surface area contributed by atoms with Crippen molar-refractivity contribution in [2.75, 3.05) is 26.2 Å². The molecule has 6 heteroatoms. The summed E-state index contributed by atoms with van der Waals surface area (Å²) >= 11 is 0. The van der Waals surface area contributed by atoms with Crippen molar-refractivity contribution < 1.29 is 14.3 Å². The summed E-state index contributed by atoms with van der Waals surface area (Å²) in [4.78, 5) is 27.0. The van der Waals surface area contributed by atoms with Gasteiger partial charge in [0.25, 0.3) is 0 Å². The molecular formula is C22H23N3O3. The third-order valence-electron chi connectivity index (χ3n) is 5.12. The van der Waals surface area contributed by atoms with Gasteiger partial charge in [-0.25, -0.2) is 0 Å². The fourth-order valence-corrected chi connectivity index (χ4v) is 3.45. The minimum absolute atomic E-state index is 0.0682. The molecule has 0 aliphatic carbocycles. The topological polar surface area (TPSA) is 54.8 Å². The van der Waals surface area contributed by atoms with Crippen molar-refractivity contribution in [2.24, 2.45) is 0 Å². The van der Waals surface area contributed by atoms with Gasteiger partial charge in [-0.1, -0.05) is 30.3 Å². The second-order valence-electron chi connectivity index (χ2n) is 6.96. The van der Waals surface area contributed by atoms with Crippen LogP contribution in [0.25, 0.3) is 10.9 Å². The van der Waals surface area contributed by atoms with Gasteiger partial charge < -0.3 is 19.1 Å². The molecule has 144 valence electrons. The van der Waals surface area contributed by atoms with Gasteiger partial charge in [-0.05, 0) is 29.1 Å². The Morgan fingerprint density at radius 2 is 1.79 bits per heavy atom. The molecule has 4 rings (SSSR count). The van der Waals surface area contributed by atoms with Gasteiger partial charge in [0.2, 0.25) is 12.3 Å². The van der Waals surface area contributed by atoms with Crippen molar-refractivity contribution in [3.8, 4) is 5.75 Å². The maximum atomic E-state index is 12.7. The van der Waals surface area contributed by atoms with Crippen LogP contribution in [0.1, 0.15) is 5.56 Å². The number of ether oxygens (including phenoxy) is 1. The second kappa shape index (κ2) is 8.17. The monoisotopic (exact) mass is 377 g/mol. The summed E-state index contributed by atoms with van der Waals surface area (Å²) in [5.41, 5.74) is 2.09. The number of hydrogen-bond acceptors (Lipinski definition) is 3. The molecular weight excluding hydrogens is 354 g/mol. The summed E-state index contributed by atoms with van der Waals surface area (Å²) in [6.07, 6.45) is 2.78. The Balaban J connectivity index is 1.44. The zero-order valence-electron chi connectivity index (χ0n) is 15.7. The molecule has 0 radical (unpaired) electrons. The predicted octanol–water partition coefficient (Wildman–Crippen LogP) is 2.52. The van der Waals surface area contributed by atoms with Crippen molar-refractivity contribution in [1.29, 1.82) is 0 Å². The number of fused-ring (bicyclic) bond motifs is 1. The number of carbonyl (C=O) groups is 2. The van der Waals surface area contributed by atoms with Gasteiger partial charge in [0.15, 0.2) is 0 Å². The van der Waals surface area contributed by atoms with Crippen LogP contribution in [0.4, 0.5) is 0 Å². The molecule has 3 aromatic rings. The minimum Gasteiger partial charge on any atom is -0.489 e. The van der Waals surface area contributed by atoms with E-state index in [1.54, 1.807) is 4.90 Å². The van der Waals surface area contributed by atoms with Crippen LogP contribution in [0.2, 0.25) is 0 Å². The van der Waals surface area contributed by atoms with E-state index in [1.165, 1.54) is 0 Å². The molecule has 6 nitrogen and oxygen atoms in total. The number of nitrogens with zero attached hydrogens (tertiary/aromatic N) is 3. The summed E-state index contributed by atoms with van der Waals surface area (Å²) < 4.78 is 7.88. The lowest BCUT2D eigenvalue weighted by atomic mass is 10.2. The van der Waals surface area contributed by atoms with Crippen molar-refractivity contribution in [1.82, 2.24) is 14.4 Å². The zero-order chi connectivity index (χ0) is 19.3. The van der Waals surface area contributed by atoms with Crippen LogP contribution in [0.3, 0.4) is 0 Å². The molecule has 0 spiro atoms. The van der Waals surface area contributed by atoms with E-state index >= 15 is 0 Å². The van der Waals surface area contributed by atoms with Gasteiger partial charge in [-0.2, -0.15) is 0 Å². The largest absolute Gasteiger partial charge is 0.489 e. The minimum atomic E-state index is 0.0682. The van der Waals surface area contributed by atoms with E-state index in [4.69, 9.17) is 4.74 Å². The first kappa shape index (κ1) is 18.1. The third-order valence-corrected chi connectivity index (χ3v) is 5.12. The lowest BCUT2D eigenvalue weighted by molar-refractivity contribution is -0.135. The molecule has 2 amide bonds. The lowest BCUT2D eigenvalue weighted by Crippen LogP contribution is -2.48. The van der Waals surface area contributed by atoms with E-state index in [0.29, 0.717) is 32.8 Å². The number of amides is 2. The van der Waals surface area contributed by atoms with Crippen LogP contribution in [0.15, 0.2) is 60.8 Å². The van der Waals surface area contributed by atoms with E-state index < -0.39 is 0 Å². The molecule has 0 N–H and O–H groups in total. The third kappa shape index (κ3) is 4.01. The summed E-state index contributed by atoms with van der Waals surface area (Å²) in [5.74, 6) is 0.849. The lowest BCUT2D eigenvalue weighted by Gasteiger charge is -2.32. The number of rotatable bonds is 6. The molecule has 0 unspecified atom stereocenters. The quantitative estimate of drug-likeness (QED) is 0.621. The number of hydrogen-bond donors (Lipinski definition) is 0. The first-order valence-corrected chi connectivity index (χ1v) is 9.46. The average Bonchev–Trinajstić information content (AvgIpc) is 3.15. The number of aromatic nitrogens is 1. The second-order valence-corrected chi connectivity index (χ2v) is 6.96.